The fraction of sp³-hybridized carbons (Fsp3) is 0.536. The third-order valence-corrected chi connectivity index (χ3v) is 8.98. The fourth-order valence-corrected chi connectivity index (χ4v) is 6.93. The summed E-state index contributed by atoms with van der Waals surface area (Å²) in [5.41, 5.74) is 1.16. The lowest BCUT2D eigenvalue weighted by molar-refractivity contribution is 0.0763. The van der Waals surface area contributed by atoms with Gasteiger partial charge in [0.1, 0.15) is 16.7 Å². The quantitative estimate of drug-likeness (QED) is 0.486. The Labute approximate surface area is 216 Å². The average Bonchev–Trinajstić information content (AvgIpc) is 2.75. The minimum Gasteiger partial charge on any atom is -0.457 e. The molecule has 0 saturated carbocycles. The lowest BCUT2D eigenvalue weighted by Gasteiger charge is -2.41. The Morgan fingerprint density at radius 1 is 1.22 bits per heavy atom. The molecule has 36 heavy (non-hydrogen) atoms. The van der Waals surface area contributed by atoms with Crippen molar-refractivity contribution < 1.29 is 17.5 Å². The summed E-state index contributed by atoms with van der Waals surface area (Å²) >= 11 is 0. The van der Waals surface area contributed by atoms with Gasteiger partial charge in [-0.3, -0.25) is 4.90 Å². The number of hydrogen-bond donors (Lipinski definition) is 1. The smallest absolute Gasteiger partial charge is 0.299 e. The van der Waals surface area contributed by atoms with E-state index in [0.29, 0.717) is 11.5 Å². The molecule has 1 aromatic carbocycles. The van der Waals surface area contributed by atoms with Crippen molar-refractivity contribution in [2.24, 2.45) is 4.99 Å². The first-order chi connectivity index (χ1) is 16.7. The number of allylic oxidation sites excluding steroid dienone is 2. The second-order valence-electron chi connectivity index (χ2n) is 11.2. The molecule has 2 aliphatic rings. The number of likely N-dealkylation sites (tertiary alicyclic amines) is 1. The summed E-state index contributed by atoms with van der Waals surface area (Å²) in [7, 11) is -3.87. The van der Waals surface area contributed by atoms with Crippen LogP contribution in [0, 0.1) is 0 Å². The Hall–Kier alpha value is -2.45. The molecule has 0 aromatic heterocycles. The van der Waals surface area contributed by atoms with Gasteiger partial charge >= 0.3 is 0 Å². The Morgan fingerprint density at radius 3 is 2.25 bits per heavy atom. The van der Waals surface area contributed by atoms with Gasteiger partial charge in [-0.2, -0.15) is 0 Å². The lowest BCUT2D eigenvalue weighted by atomic mass is 9.86. The highest BCUT2D eigenvalue weighted by atomic mass is 32.2. The van der Waals surface area contributed by atoms with E-state index < -0.39 is 32.7 Å². The van der Waals surface area contributed by atoms with E-state index in [2.05, 4.69) is 48.5 Å². The summed E-state index contributed by atoms with van der Waals surface area (Å²) in [6, 6.07) is 7.00. The molecular formula is C28H40FN3O3S. The number of sulfonamides is 1. The van der Waals surface area contributed by atoms with Gasteiger partial charge in [-0.25, -0.2) is 22.5 Å². The van der Waals surface area contributed by atoms with Gasteiger partial charge in [0.05, 0.1) is 6.04 Å². The van der Waals surface area contributed by atoms with Gasteiger partial charge in [0.25, 0.3) is 6.02 Å². The molecule has 3 rings (SSSR count). The standard InChI is InChI=1S/C28H40FN3O3S/c1-9-10-24(19(2)29)20(3)30-26-31-36(33,34)25(28(7,8)35-26)23-13-11-21(12-14-23)22-15-17-32(18-16-22)27(4,5)6/h9-14,20,22,25H,1-2,15-18H2,3-8H3,(H,30,31)/b24-10+/t20-,25?/m0/s1. The second-order valence-corrected chi connectivity index (χ2v) is 13.0. The van der Waals surface area contributed by atoms with E-state index in [-0.39, 0.29) is 17.1 Å². The van der Waals surface area contributed by atoms with Gasteiger partial charge < -0.3 is 4.74 Å². The number of nitrogens with one attached hydrogen (secondary N) is 1. The van der Waals surface area contributed by atoms with E-state index >= 15 is 0 Å². The monoisotopic (exact) mass is 517 g/mol. The predicted octanol–water partition coefficient (Wildman–Crippen LogP) is 5.77. The van der Waals surface area contributed by atoms with Crippen molar-refractivity contribution in [3.63, 3.8) is 0 Å². The molecule has 0 aliphatic carbocycles. The predicted molar refractivity (Wildman–Crippen MR) is 145 cm³/mol. The van der Waals surface area contributed by atoms with Crippen LogP contribution in [-0.4, -0.2) is 49.6 Å². The molecule has 198 valence electrons. The molecule has 2 saturated heterocycles. The Morgan fingerprint density at radius 2 is 1.78 bits per heavy atom. The van der Waals surface area contributed by atoms with Crippen LogP contribution in [0.3, 0.4) is 0 Å². The van der Waals surface area contributed by atoms with E-state index in [1.165, 1.54) is 17.7 Å². The van der Waals surface area contributed by atoms with Crippen LogP contribution in [-0.2, 0) is 14.8 Å². The summed E-state index contributed by atoms with van der Waals surface area (Å²) in [5, 5.41) is -0.935. The summed E-state index contributed by atoms with van der Waals surface area (Å²) < 4.78 is 48.9. The van der Waals surface area contributed by atoms with Crippen molar-refractivity contribution in [2.45, 2.75) is 82.7 Å². The first kappa shape index (κ1) is 28.1. The zero-order valence-corrected chi connectivity index (χ0v) is 23.2. The molecule has 0 radical (unpaired) electrons. The van der Waals surface area contributed by atoms with Gasteiger partial charge in [-0.1, -0.05) is 49.6 Å². The molecule has 2 heterocycles. The number of amidine groups is 1. The van der Waals surface area contributed by atoms with E-state index in [4.69, 9.17) is 4.74 Å². The molecule has 0 spiro atoms. The molecule has 0 amide bonds. The fourth-order valence-electron chi connectivity index (χ4n) is 5.17. The zero-order chi connectivity index (χ0) is 26.9. The lowest BCUT2D eigenvalue weighted by Crippen LogP contribution is -2.53. The number of ether oxygens (including phenoxy) is 1. The number of piperidine rings is 1. The molecule has 1 unspecified atom stereocenters. The van der Waals surface area contributed by atoms with E-state index in [0.717, 1.165) is 25.9 Å². The van der Waals surface area contributed by atoms with Crippen molar-refractivity contribution >= 4 is 16.0 Å². The summed E-state index contributed by atoms with van der Waals surface area (Å²) in [6.07, 6.45) is 5.05. The highest BCUT2D eigenvalue weighted by Crippen LogP contribution is 2.40. The van der Waals surface area contributed by atoms with Crippen LogP contribution < -0.4 is 4.72 Å². The van der Waals surface area contributed by atoms with Crippen LogP contribution in [0.2, 0.25) is 0 Å². The Kier molecular flexibility index (Phi) is 8.20. The summed E-state index contributed by atoms with van der Waals surface area (Å²) in [5.74, 6) is -0.196. The third kappa shape index (κ3) is 6.27. The maximum atomic E-state index is 13.8. The Bertz CT molecular complexity index is 1140. The molecule has 2 atom stereocenters. The first-order valence-corrected chi connectivity index (χ1v) is 14.0. The maximum absolute atomic E-state index is 13.8. The van der Waals surface area contributed by atoms with Crippen molar-refractivity contribution in [1.82, 2.24) is 9.62 Å². The Balaban J connectivity index is 1.79. The van der Waals surface area contributed by atoms with Crippen LogP contribution in [0.5, 0.6) is 0 Å². The van der Waals surface area contributed by atoms with Gasteiger partial charge in [0, 0.05) is 11.1 Å². The maximum Gasteiger partial charge on any atom is 0.299 e. The number of hydrogen-bond acceptors (Lipinski definition) is 5. The van der Waals surface area contributed by atoms with Crippen LogP contribution in [0.15, 0.2) is 66.0 Å². The molecule has 2 fully saturated rings. The van der Waals surface area contributed by atoms with Gasteiger partial charge in [0.15, 0.2) is 0 Å². The van der Waals surface area contributed by atoms with Crippen LogP contribution in [0.25, 0.3) is 0 Å². The van der Waals surface area contributed by atoms with Crippen molar-refractivity contribution in [3.8, 4) is 0 Å². The van der Waals surface area contributed by atoms with Crippen molar-refractivity contribution in [3.05, 3.63) is 72.1 Å². The zero-order valence-electron chi connectivity index (χ0n) is 22.3. The van der Waals surface area contributed by atoms with Crippen LogP contribution in [0.4, 0.5) is 4.39 Å². The summed E-state index contributed by atoms with van der Waals surface area (Å²) in [4.78, 5) is 6.79. The van der Waals surface area contributed by atoms with Crippen LogP contribution in [0.1, 0.15) is 76.7 Å². The second kappa shape index (κ2) is 10.5. The normalized spacial score (nSPS) is 25.0. The molecule has 6 nitrogen and oxygen atoms in total. The van der Waals surface area contributed by atoms with E-state index in [9.17, 15) is 12.8 Å². The number of aliphatic imine (C=N–C) groups is 1. The number of rotatable bonds is 6. The number of halogens is 1. The number of benzene rings is 1. The van der Waals surface area contributed by atoms with Crippen LogP contribution >= 0.6 is 0 Å². The first-order valence-electron chi connectivity index (χ1n) is 12.5. The van der Waals surface area contributed by atoms with E-state index in [1.54, 1.807) is 20.8 Å². The summed E-state index contributed by atoms with van der Waals surface area (Å²) in [6.45, 7) is 20.8. The number of nitrogens with zero attached hydrogens (tertiary/aromatic N) is 2. The largest absolute Gasteiger partial charge is 0.457 e. The molecule has 8 heteroatoms. The topological polar surface area (TPSA) is 71.0 Å². The molecular weight excluding hydrogens is 477 g/mol. The molecule has 1 aromatic rings. The van der Waals surface area contributed by atoms with Crippen molar-refractivity contribution in [1.29, 1.82) is 0 Å². The van der Waals surface area contributed by atoms with Gasteiger partial charge in [0.2, 0.25) is 10.0 Å². The minimum atomic E-state index is -3.87. The average molecular weight is 518 g/mol. The SMILES string of the molecule is C=C/C=C(\C(=C)F)[C@H](C)N=C1NS(=O)(=O)C(c2ccc(C3CCN(C(C)(C)C)CC3)cc2)C(C)(C)O1. The van der Waals surface area contributed by atoms with Gasteiger partial charge in [-0.05, 0) is 84.5 Å². The highest BCUT2D eigenvalue weighted by Gasteiger charge is 2.48. The molecule has 1 N–H and O–H groups in total. The molecule has 2 aliphatic heterocycles. The van der Waals surface area contributed by atoms with Gasteiger partial charge in [-0.15, -0.1) is 0 Å². The van der Waals surface area contributed by atoms with E-state index in [1.807, 2.05) is 24.3 Å². The third-order valence-electron chi connectivity index (χ3n) is 7.06. The highest BCUT2D eigenvalue weighted by molar-refractivity contribution is 7.90. The van der Waals surface area contributed by atoms with Crippen molar-refractivity contribution in [2.75, 3.05) is 13.1 Å². The molecule has 0 bridgehead atoms. The minimum absolute atomic E-state index is 0.165.